The van der Waals surface area contributed by atoms with Gasteiger partial charge in [-0.05, 0) is 39.5 Å². The lowest BCUT2D eigenvalue weighted by atomic mass is 10.2. The van der Waals surface area contributed by atoms with Gasteiger partial charge in [0.25, 0.3) is 0 Å². The van der Waals surface area contributed by atoms with Crippen molar-refractivity contribution in [1.82, 2.24) is 10.3 Å². The van der Waals surface area contributed by atoms with E-state index in [0.717, 1.165) is 30.7 Å². The molecule has 0 radical (unpaired) electrons. The van der Waals surface area contributed by atoms with Crippen LogP contribution in [0.4, 0.5) is 0 Å². The van der Waals surface area contributed by atoms with Crippen molar-refractivity contribution in [3.63, 3.8) is 0 Å². The van der Waals surface area contributed by atoms with Gasteiger partial charge in [0.15, 0.2) is 0 Å². The number of aromatic nitrogens is 1. The van der Waals surface area contributed by atoms with Gasteiger partial charge in [-0.25, -0.2) is 4.98 Å². The van der Waals surface area contributed by atoms with E-state index in [4.69, 9.17) is 4.74 Å². The van der Waals surface area contributed by atoms with Crippen molar-refractivity contribution in [3.8, 4) is 0 Å². The lowest BCUT2D eigenvalue weighted by molar-refractivity contribution is 0.124. The average molecular weight is 254 g/mol. The number of hydrogen-bond donors (Lipinski definition) is 1. The lowest BCUT2D eigenvalue weighted by Crippen LogP contribution is -2.24. The molecular weight excluding hydrogens is 232 g/mol. The number of rotatable bonds is 7. The first-order chi connectivity index (χ1) is 8.16. The van der Waals surface area contributed by atoms with Crippen molar-refractivity contribution in [3.05, 3.63) is 15.6 Å². The Labute approximate surface area is 108 Å². The Hall–Kier alpha value is -0.450. The molecule has 1 aromatic rings. The predicted octanol–water partition coefficient (Wildman–Crippen LogP) is 2.84. The molecule has 1 unspecified atom stereocenters. The molecule has 1 atom stereocenters. The van der Waals surface area contributed by atoms with Crippen LogP contribution in [-0.2, 0) is 4.74 Å². The highest BCUT2D eigenvalue weighted by molar-refractivity contribution is 7.11. The Morgan fingerprint density at radius 2 is 2.24 bits per heavy atom. The number of thiazole rings is 1. The summed E-state index contributed by atoms with van der Waals surface area (Å²) in [5.41, 5.74) is 1.19. The molecule has 17 heavy (non-hydrogen) atoms. The molecule has 0 aromatic carbocycles. The zero-order valence-corrected chi connectivity index (χ0v) is 11.8. The summed E-state index contributed by atoms with van der Waals surface area (Å²) in [4.78, 5) is 5.88. The van der Waals surface area contributed by atoms with E-state index < -0.39 is 0 Å². The third kappa shape index (κ3) is 4.05. The maximum absolute atomic E-state index is 5.60. The molecule has 1 aliphatic carbocycles. The third-order valence-electron chi connectivity index (χ3n) is 3.10. The molecule has 96 valence electrons. The highest BCUT2D eigenvalue weighted by Crippen LogP contribution is 2.28. The van der Waals surface area contributed by atoms with E-state index in [1.807, 2.05) is 0 Å². The van der Waals surface area contributed by atoms with E-state index in [-0.39, 0.29) is 0 Å². The molecule has 0 aliphatic heterocycles. The zero-order valence-electron chi connectivity index (χ0n) is 11.0. The van der Waals surface area contributed by atoms with Gasteiger partial charge in [0.1, 0.15) is 0 Å². The van der Waals surface area contributed by atoms with E-state index in [2.05, 4.69) is 31.1 Å². The fourth-order valence-corrected chi connectivity index (χ4v) is 2.84. The quantitative estimate of drug-likeness (QED) is 0.760. The largest absolute Gasteiger partial charge is 0.380 e. The van der Waals surface area contributed by atoms with Crippen LogP contribution in [0.1, 0.15) is 41.4 Å². The molecule has 0 saturated heterocycles. The highest BCUT2D eigenvalue weighted by atomic mass is 32.1. The second-order valence-electron chi connectivity index (χ2n) is 4.87. The van der Waals surface area contributed by atoms with Crippen molar-refractivity contribution in [2.45, 2.75) is 39.7 Å². The Kier molecular flexibility index (Phi) is 4.54. The van der Waals surface area contributed by atoms with E-state index in [1.165, 1.54) is 23.4 Å². The van der Waals surface area contributed by atoms with Crippen LogP contribution in [0, 0.1) is 19.8 Å². The first kappa shape index (κ1) is 13.0. The fraction of sp³-hybridized carbons (Fsp3) is 0.769. The van der Waals surface area contributed by atoms with E-state index in [0.29, 0.717) is 6.04 Å². The Morgan fingerprint density at radius 3 is 2.82 bits per heavy atom. The van der Waals surface area contributed by atoms with Gasteiger partial charge in [0.2, 0.25) is 0 Å². The second kappa shape index (κ2) is 5.94. The molecule has 1 heterocycles. The minimum Gasteiger partial charge on any atom is -0.380 e. The first-order valence-electron chi connectivity index (χ1n) is 6.42. The maximum Gasteiger partial charge on any atom is 0.0900 e. The summed E-state index contributed by atoms with van der Waals surface area (Å²) >= 11 is 1.77. The van der Waals surface area contributed by atoms with Gasteiger partial charge in [-0.3, -0.25) is 0 Å². The van der Waals surface area contributed by atoms with Gasteiger partial charge in [-0.2, -0.15) is 0 Å². The number of hydrogen-bond acceptors (Lipinski definition) is 4. The van der Waals surface area contributed by atoms with Crippen LogP contribution in [0.5, 0.6) is 0 Å². The molecule has 1 aliphatic rings. The monoisotopic (exact) mass is 254 g/mol. The first-order valence-corrected chi connectivity index (χ1v) is 7.23. The van der Waals surface area contributed by atoms with Crippen molar-refractivity contribution in [2.75, 3.05) is 19.8 Å². The highest BCUT2D eigenvalue weighted by Gasteiger charge is 2.21. The van der Waals surface area contributed by atoms with Crippen LogP contribution in [0.3, 0.4) is 0 Å². The van der Waals surface area contributed by atoms with Crippen LogP contribution in [0.2, 0.25) is 0 Å². The summed E-state index contributed by atoms with van der Waals surface area (Å²) in [5, 5.41) is 4.62. The summed E-state index contributed by atoms with van der Waals surface area (Å²) in [6.07, 6.45) is 2.72. The molecule has 1 saturated carbocycles. The molecule has 0 bridgehead atoms. The molecular formula is C13H22N2OS. The minimum absolute atomic E-state index is 0.324. The Morgan fingerprint density at radius 1 is 1.47 bits per heavy atom. The molecule has 0 amide bonds. The molecule has 1 N–H and O–H groups in total. The predicted molar refractivity (Wildman–Crippen MR) is 71.5 cm³/mol. The second-order valence-corrected chi connectivity index (χ2v) is 6.28. The minimum atomic E-state index is 0.324. The number of nitrogens with one attached hydrogen (secondary N) is 1. The smallest absolute Gasteiger partial charge is 0.0900 e. The summed E-state index contributed by atoms with van der Waals surface area (Å²) in [5.74, 6) is 0.857. The Bertz CT molecular complexity index is 360. The third-order valence-corrected chi connectivity index (χ3v) is 4.00. The van der Waals surface area contributed by atoms with Gasteiger partial charge >= 0.3 is 0 Å². The van der Waals surface area contributed by atoms with Gasteiger partial charge in [0.05, 0.1) is 17.3 Å². The molecule has 3 nitrogen and oxygen atoms in total. The molecule has 1 fully saturated rings. The van der Waals surface area contributed by atoms with Gasteiger partial charge < -0.3 is 10.1 Å². The number of aryl methyl sites for hydroxylation is 2. The SMILES string of the molecule is Cc1nc(C(C)NCCOCC2CC2)c(C)s1. The topological polar surface area (TPSA) is 34.2 Å². The molecule has 4 heteroatoms. The van der Waals surface area contributed by atoms with E-state index >= 15 is 0 Å². The Balaban J connectivity index is 1.65. The van der Waals surface area contributed by atoms with Crippen molar-refractivity contribution in [1.29, 1.82) is 0 Å². The lowest BCUT2D eigenvalue weighted by Gasteiger charge is -2.12. The number of ether oxygens (including phenoxy) is 1. The number of nitrogens with zero attached hydrogens (tertiary/aromatic N) is 1. The van der Waals surface area contributed by atoms with Gasteiger partial charge in [-0.1, -0.05) is 0 Å². The van der Waals surface area contributed by atoms with Gasteiger partial charge in [0, 0.05) is 24.1 Å². The van der Waals surface area contributed by atoms with Crippen LogP contribution in [-0.4, -0.2) is 24.7 Å². The fourth-order valence-electron chi connectivity index (χ4n) is 1.93. The van der Waals surface area contributed by atoms with E-state index in [9.17, 15) is 0 Å². The average Bonchev–Trinajstić information content (AvgIpc) is 3.03. The van der Waals surface area contributed by atoms with E-state index in [1.54, 1.807) is 11.3 Å². The summed E-state index contributed by atoms with van der Waals surface area (Å²) in [7, 11) is 0. The maximum atomic E-state index is 5.60. The standard InChI is InChI=1S/C13H22N2OS/c1-9(13-10(2)17-11(3)15-13)14-6-7-16-8-12-4-5-12/h9,12,14H,4-8H2,1-3H3. The summed E-state index contributed by atoms with van der Waals surface area (Å²) in [6, 6.07) is 0.324. The van der Waals surface area contributed by atoms with Crippen LogP contribution >= 0.6 is 11.3 Å². The van der Waals surface area contributed by atoms with Crippen LogP contribution in [0.25, 0.3) is 0 Å². The summed E-state index contributed by atoms with van der Waals surface area (Å²) in [6.45, 7) is 9.04. The molecule has 0 spiro atoms. The zero-order chi connectivity index (χ0) is 12.3. The van der Waals surface area contributed by atoms with Crippen LogP contribution < -0.4 is 5.32 Å². The van der Waals surface area contributed by atoms with Crippen molar-refractivity contribution < 1.29 is 4.74 Å². The van der Waals surface area contributed by atoms with Crippen molar-refractivity contribution >= 4 is 11.3 Å². The van der Waals surface area contributed by atoms with Crippen LogP contribution in [0.15, 0.2) is 0 Å². The molecule has 1 aromatic heterocycles. The molecule has 2 rings (SSSR count). The van der Waals surface area contributed by atoms with Crippen molar-refractivity contribution in [2.24, 2.45) is 5.92 Å². The normalized spacial score (nSPS) is 17.4. The summed E-state index contributed by atoms with van der Waals surface area (Å²) < 4.78 is 5.60. The van der Waals surface area contributed by atoms with Gasteiger partial charge in [-0.15, -0.1) is 11.3 Å².